The molecule has 2 bridgehead atoms. The summed E-state index contributed by atoms with van der Waals surface area (Å²) in [5.74, 6) is 0.0665. The second-order valence-corrected chi connectivity index (χ2v) is 12.9. The third-order valence-corrected chi connectivity index (χ3v) is 10.8. The third kappa shape index (κ3) is 3.68. The molecule has 208 valence electrons. The van der Waals surface area contributed by atoms with Gasteiger partial charge in [0.25, 0.3) is 11.7 Å². The van der Waals surface area contributed by atoms with Crippen LogP contribution >= 0.6 is 0 Å². The molecule has 1 unspecified atom stereocenters. The van der Waals surface area contributed by atoms with E-state index in [1.165, 1.54) is 0 Å². The van der Waals surface area contributed by atoms with E-state index in [0.717, 1.165) is 67.1 Å². The molecule has 0 spiro atoms. The molecule has 0 aromatic heterocycles. The fraction of sp³-hybridized carbons (Fsp3) is 0.594. The summed E-state index contributed by atoms with van der Waals surface area (Å²) in [5, 5.41) is 0. The van der Waals surface area contributed by atoms with Crippen LogP contribution in [0.4, 0.5) is 0 Å². The van der Waals surface area contributed by atoms with Crippen molar-refractivity contribution >= 4 is 18.0 Å². The van der Waals surface area contributed by atoms with Crippen LogP contribution < -0.4 is 9.47 Å². The van der Waals surface area contributed by atoms with E-state index in [1.807, 2.05) is 33.8 Å². The Kier molecular flexibility index (Phi) is 5.92. The van der Waals surface area contributed by atoms with Crippen molar-refractivity contribution in [3.05, 3.63) is 45.0 Å². The number of aldehydes is 1. The van der Waals surface area contributed by atoms with Crippen LogP contribution in [0.1, 0.15) is 97.6 Å². The Balaban J connectivity index is 1.34. The minimum absolute atomic E-state index is 0.0790. The zero-order chi connectivity index (χ0) is 27.9. The lowest BCUT2D eigenvalue weighted by atomic mass is 9.54. The van der Waals surface area contributed by atoms with Crippen LogP contribution in [0.2, 0.25) is 0 Å². The van der Waals surface area contributed by atoms with Crippen LogP contribution in [-0.2, 0) is 11.2 Å². The quantitative estimate of drug-likeness (QED) is 0.486. The van der Waals surface area contributed by atoms with Crippen LogP contribution in [0.25, 0.3) is 0 Å². The van der Waals surface area contributed by atoms with E-state index in [-0.39, 0.29) is 29.2 Å². The highest BCUT2D eigenvalue weighted by atomic mass is 16.7. The predicted molar refractivity (Wildman–Crippen MR) is 148 cm³/mol. The number of amides is 1. The normalized spacial score (nSPS) is 31.7. The highest BCUT2D eigenvalue weighted by molar-refractivity contribution is 6.05. The van der Waals surface area contributed by atoms with Gasteiger partial charge < -0.3 is 19.3 Å². The number of hydrogen-bond donors (Lipinski definition) is 0. The highest BCUT2D eigenvalue weighted by Gasteiger charge is 2.63. The van der Waals surface area contributed by atoms with Crippen molar-refractivity contribution < 1.29 is 23.9 Å². The molecule has 2 heterocycles. The number of allylic oxidation sites excluding steroid dienone is 3. The zero-order valence-electron chi connectivity index (χ0n) is 24.2. The fourth-order valence-corrected chi connectivity index (χ4v) is 8.10. The molecule has 2 aliphatic heterocycles. The summed E-state index contributed by atoms with van der Waals surface area (Å²) in [7, 11) is 4.37. The van der Waals surface area contributed by atoms with Crippen molar-refractivity contribution in [1.82, 2.24) is 9.80 Å². The molecule has 7 heteroatoms. The number of ketones is 1. The number of benzene rings is 1. The van der Waals surface area contributed by atoms with E-state index in [9.17, 15) is 14.4 Å². The average molecular weight is 533 g/mol. The first kappa shape index (κ1) is 26.3. The van der Waals surface area contributed by atoms with E-state index in [0.29, 0.717) is 47.6 Å². The number of ether oxygens (including phenoxy) is 2. The standard InChI is InChI=1S/C32H40N2O5/c1-19-15-20(2)23(25(36)16-19)17-34-14-7-22-24(18-35)28-27(21(3)26(22)29(34)37)38-30(4,39-28)31-8-11-32(12-9-31,13-10-31)33(5)6/h15,18H,7-14,16-17H2,1-6H3. The monoisotopic (exact) mass is 532 g/mol. The topological polar surface area (TPSA) is 76.2 Å². The fourth-order valence-electron chi connectivity index (χ4n) is 8.10. The van der Waals surface area contributed by atoms with Gasteiger partial charge in [0.1, 0.15) is 0 Å². The van der Waals surface area contributed by atoms with Gasteiger partial charge in [-0.1, -0.05) is 11.6 Å². The van der Waals surface area contributed by atoms with Gasteiger partial charge in [0.2, 0.25) is 0 Å². The molecular formula is C32H40N2O5. The molecule has 7 rings (SSSR count). The first-order chi connectivity index (χ1) is 18.4. The minimum Gasteiger partial charge on any atom is -0.448 e. The molecule has 1 atom stereocenters. The Morgan fingerprint density at radius 3 is 2.23 bits per heavy atom. The van der Waals surface area contributed by atoms with Gasteiger partial charge in [-0.05, 0) is 90.9 Å². The maximum Gasteiger partial charge on any atom is 0.254 e. The van der Waals surface area contributed by atoms with E-state index < -0.39 is 5.79 Å². The maximum absolute atomic E-state index is 13.9. The first-order valence-electron chi connectivity index (χ1n) is 14.3. The van der Waals surface area contributed by atoms with Crippen LogP contribution in [-0.4, -0.2) is 66.3 Å². The summed E-state index contributed by atoms with van der Waals surface area (Å²) in [6, 6.07) is 0. The van der Waals surface area contributed by atoms with Crippen molar-refractivity contribution in [2.24, 2.45) is 5.41 Å². The van der Waals surface area contributed by atoms with Crippen LogP contribution in [0.5, 0.6) is 11.5 Å². The summed E-state index contributed by atoms with van der Waals surface area (Å²) in [5.41, 5.74) is 5.22. The molecule has 7 nitrogen and oxygen atoms in total. The van der Waals surface area contributed by atoms with Gasteiger partial charge in [-0.2, -0.15) is 0 Å². The van der Waals surface area contributed by atoms with Gasteiger partial charge in [0, 0.05) is 48.5 Å². The molecule has 3 fully saturated rings. The number of nitrogens with zero attached hydrogens (tertiary/aromatic N) is 2. The lowest BCUT2D eigenvalue weighted by Gasteiger charge is -2.59. The Morgan fingerprint density at radius 1 is 1.00 bits per heavy atom. The van der Waals surface area contributed by atoms with Crippen molar-refractivity contribution in [1.29, 1.82) is 0 Å². The minimum atomic E-state index is -0.885. The molecule has 6 aliphatic rings. The maximum atomic E-state index is 13.9. The summed E-state index contributed by atoms with van der Waals surface area (Å²) in [6.45, 7) is 8.56. The molecule has 0 radical (unpaired) electrons. The SMILES string of the molecule is CC1=CC(C)=C(CN2CCc3c(C=O)c4c(c(C)c3C2=O)OC(C)(C23CCC(N(C)C)(CC2)CC3)O4)C(=O)C1. The van der Waals surface area contributed by atoms with E-state index in [2.05, 4.69) is 19.0 Å². The van der Waals surface area contributed by atoms with Crippen molar-refractivity contribution in [3.63, 3.8) is 0 Å². The Bertz CT molecular complexity index is 1340. The molecular weight excluding hydrogens is 492 g/mol. The molecule has 1 aromatic carbocycles. The molecule has 3 saturated carbocycles. The van der Waals surface area contributed by atoms with Gasteiger partial charge in [-0.25, -0.2) is 0 Å². The van der Waals surface area contributed by atoms with Gasteiger partial charge in [0.05, 0.1) is 11.1 Å². The predicted octanol–water partition coefficient (Wildman–Crippen LogP) is 5.18. The largest absolute Gasteiger partial charge is 0.448 e. The number of fused-ring (bicyclic) bond motifs is 5. The number of hydrogen-bond acceptors (Lipinski definition) is 6. The van der Waals surface area contributed by atoms with E-state index in [4.69, 9.17) is 9.47 Å². The van der Waals surface area contributed by atoms with Gasteiger partial charge in [0.15, 0.2) is 23.6 Å². The van der Waals surface area contributed by atoms with Gasteiger partial charge in [-0.15, -0.1) is 0 Å². The highest BCUT2D eigenvalue weighted by Crippen LogP contribution is 2.63. The van der Waals surface area contributed by atoms with Crippen molar-refractivity contribution in [2.45, 2.75) is 90.4 Å². The summed E-state index contributed by atoms with van der Waals surface area (Å²) >= 11 is 0. The summed E-state index contributed by atoms with van der Waals surface area (Å²) < 4.78 is 13.4. The third-order valence-electron chi connectivity index (χ3n) is 10.8. The second-order valence-electron chi connectivity index (χ2n) is 12.9. The molecule has 0 saturated heterocycles. The molecule has 1 amide bonds. The van der Waals surface area contributed by atoms with E-state index >= 15 is 0 Å². The Hall–Kier alpha value is -2.93. The average Bonchev–Trinajstić information content (AvgIpc) is 3.28. The first-order valence-corrected chi connectivity index (χ1v) is 14.3. The lowest BCUT2D eigenvalue weighted by Crippen LogP contribution is -2.62. The van der Waals surface area contributed by atoms with Gasteiger partial charge in [-0.3, -0.25) is 14.4 Å². The molecule has 4 aliphatic carbocycles. The Morgan fingerprint density at radius 2 is 1.64 bits per heavy atom. The zero-order valence-corrected chi connectivity index (χ0v) is 24.2. The number of carbonyl (C=O) groups excluding carboxylic acids is 3. The summed E-state index contributed by atoms with van der Waals surface area (Å²) in [6.07, 6.45) is 10.1. The van der Waals surface area contributed by atoms with Gasteiger partial charge >= 0.3 is 0 Å². The van der Waals surface area contributed by atoms with Crippen molar-refractivity contribution in [2.75, 3.05) is 27.2 Å². The number of Topliss-reactive ketones (excluding diaryl/α,β-unsaturated/α-hetero) is 1. The van der Waals surface area contributed by atoms with Crippen molar-refractivity contribution in [3.8, 4) is 11.5 Å². The van der Waals surface area contributed by atoms with Crippen LogP contribution in [0.15, 0.2) is 22.8 Å². The Labute approximate surface area is 231 Å². The molecule has 39 heavy (non-hydrogen) atoms. The number of carbonyl (C=O) groups is 3. The lowest BCUT2D eigenvalue weighted by molar-refractivity contribution is -0.211. The smallest absolute Gasteiger partial charge is 0.254 e. The molecule has 1 aromatic rings. The van der Waals surface area contributed by atoms with Crippen LogP contribution in [0.3, 0.4) is 0 Å². The van der Waals surface area contributed by atoms with Crippen LogP contribution in [0, 0.1) is 12.3 Å². The second kappa shape index (κ2) is 8.79. The molecule has 0 N–H and O–H groups in total. The number of rotatable bonds is 5. The summed E-state index contributed by atoms with van der Waals surface area (Å²) in [4.78, 5) is 43.3. The van der Waals surface area contributed by atoms with E-state index in [1.54, 1.807) is 4.90 Å².